The molecule has 0 aliphatic rings. The van der Waals surface area contributed by atoms with E-state index in [4.69, 9.17) is 10.5 Å². The molecular formula is C15H16N2O2. The molecule has 19 heavy (non-hydrogen) atoms. The Labute approximate surface area is 112 Å². The number of carbonyl (C=O) groups excluding carboxylic acids is 1. The van der Waals surface area contributed by atoms with Gasteiger partial charge in [0.1, 0.15) is 0 Å². The van der Waals surface area contributed by atoms with Crippen LogP contribution in [0.15, 0.2) is 48.8 Å². The number of pyridine rings is 1. The van der Waals surface area contributed by atoms with E-state index in [2.05, 4.69) is 4.98 Å². The van der Waals surface area contributed by atoms with E-state index < -0.39 is 0 Å². The van der Waals surface area contributed by atoms with Crippen LogP contribution in [0.4, 0.5) is 5.69 Å². The van der Waals surface area contributed by atoms with E-state index in [9.17, 15) is 4.79 Å². The van der Waals surface area contributed by atoms with Gasteiger partial charge in [-0.25, -0.2) is 0 Å². The molecular weight excluding hydrogens is 240 g/mol. The summed E-state index contributed by atoms with van der Waals surface area (Å²) in [7, 11) is 0. The monoisotopic (exact) mass is 256 g/mol. The Balaban J connectivity index is 1.78. The van der Waals surface area contributed by atoms with Gasteiger partial charge in [-0.3, -0.25) is 9.78 Å². The van der Waals surface area contributed by atoms with Crippen molar-refractivity contribution in [2.24, 2.45) is 0 Å². The minimum atomic E-state index is -0.262. The lowest BCUT2D eigenvalue weighted by Gasteiger charge is -2.06. The van der Waals surface area contributed by atoms with Gasteiger partial charge in [-0.1, -0.05) is 24.3 Å². The van der Waals surface area contributed by atoms with Crippen molar-refractivity contribution in [3.8, 4) is 0 Å². The smallest absolute Gasteiger partial charge is 0.310 e. The first kappa shape index (κ1) is 13.1. The molecule has 2 rings (SSSR count). The highest BCUT2D eigenvalue weighted by Crippen LogP contribution is 2.11. The molecule has 0 aliphatic carbocycles. The summed E-state index contributed by atoms with van der Waals surface area (Å²) in [4.78, 5) is 15.7. The fraction of sp³-hybridized carbons (Fsp3) is 0.200. The standard InChI is InChI=1S/C15H16N2O2/c16-14-6-2-1-5-13(14)10-15(18)19-9-7-12-4-3-8-17-11-12/h1-6,8,11H,7,9-10,16H2. The lowest BCUT2D eigenvalue weighted by atomic mass is 10.1. The topological polar surface area (TPSA) is 65.2 Å². The van der Waals surface area contributed by atoms with Crippen LogP contribution in [0.1, 0.15) is 11.1 Å². The number of nitrogen functional groups attached to an aromatic ring is 1. The Kier molecular flexibility index (Phi) is 4.50. The number of anilines is 1. The van der Waals surface area contributed by atoms with Crippen LogP contribution in [0.3, 0.4) is 0 Å². The fourth-order valence-electron chi connectivity index (χ4n) is 1.73. The molecule has 0 radical (unpaired) electrons. The number of nitrogens with two attached hydrogens (primary N) is 1. The van der Waals surface area contributed by atoms with Crippen LogP contribution >= 0.6 is 0 Å². The summed E-state index contributed by atoms with van der Waals surface area (Å²) >= 11 is 0. The van der Waals surface area contributed by atoms with E-state index in [0.717, 1.165) is 11.1 Å². The van der Waals surface area contributed by atoms with Gasteiger partial charge < -0.3 is 10.5 Å². The van der Waals surface area contributed by atoms with Gasteiger partial charge in [0.05, 0.1) is 13.0 Å². The normalized spacial score (nSPS) is 10.1. The highest BCUT2D eigenvalue weighted by Gasteiger charge is 2.07. The molecule has 1 aromatic carbocycles. The second kappa shape index (κ2) is 6.54. The van der Waals surface area contributed by atoms with Crippen LogP contribution in [0.5, 0.6) is 0 Å². The first-order valence-electron chi connectivity index (χ1n) is 6.13. The number of aromatic nitrogens is 1. The van der Waals surface area contributed by atoms with Gasteiger partial charge in [-0.15, -0.1) is 0 Å². The van der Waals surface area contributed by atoms with E-state index in [1.807, 2.05) is 30.3 Å². The first-order chi connectivity index (χ1) is 9.25. The van der Waals surface area contributed by atoms with Crippen molar-refractivity contribution >= 4 is 11.7 Å². The van der Waals surface area contributed by atoms with Crippen molar-refractivity contribution in [2.75, 3.05) is 12.3 Å². The zero-order valence-corrected chi connectivity index (χ0v) is 10.6. The second-order valence-electron chi connectivity index (χ2n) is 4.21. The van der Waals surface area contributed by atoms with Gasteiger partial charge in [0, 0.05) is 24.5 Å². The summed E-state index contributed by atoms with van der Waals surface area (Å²) in [5.74, 6) is -0.262. The molecule has 0 fully saturated rings. The van der Waals surface area contributed by atoms with E-state index >= 15 is 0 Å². The van der Waals surface area contributed by atoms with Crippen LogP contribution in [0.2, 0.25) is 0 Å². The van der Waals surface area contributed by atoms with Crippen LogP contribution in [-0.2, 0) is 22.4 Å². The molecule has 1 heterocycles. The van der Waals surface area contributed by atoms with Crippen molar-refractivity contribution in [3.63, 3.8) is 0 Å². The van der Waals surface area contributed by atoms with Crippen molar-refractivity contribution in [1.82, 2.24) is 4.98 Å². The van der Waals surface area contributed by atoms with Crippen LogP contribution in [-0.4, -0.2) is 17.6 Å². The molecule has 98 valence electrons. The molecule has 0 amide bonds. The third-order valence-electron chi connectivity index (χ3n) is 2.77. The van der Waals surface area contributed by atoms with Gasteiger partial charge in [0.25, 0.3) is 0 Å². The van der Waals surface area contributed by atoms with Crippen LogP contribution in [0, 0.1) is 0 Å². The van der Waals surface area contributed by atoms with E-state index in [1.165, 1.54) is 0 Å². The number of ether oxygens (including phenoxy) is 1. The third-order valence-corrected chi connectivity index (χ3v) is 2.77. The number of para-hydroxylation sites is 1. The Hall–Kier alpha value is -2.36. The number of carbonyl (C=O) groups is 1. The van der Waals surface area contributed by atoms with Crippen molar-refractivity contribution < 1.29 is 9.53 Å². The molecule has 0 unspecified atom stereocenters. The fourth-order valence-corrected chi connectivity index (χ4v) is 1.73. The Morgan fingerprint density at radius 3 is 2.79 bits per heavy atom. The zero-order chi connectivity index (χ0) is 13.5. The Morgan fingerprint density at radius 1 is 1.21 bits per heavy atom. The Bertz CT molecular complexity index is 541. The number of benzene rings is 1. The van der Waals surface area contributed by atoms with Gasteiger partial charge in [-0.05, 0) is 23.3 Å². The molecule has 0 saturated carbocycles. The van der Waals surface area contributed by atoms with Gasteiger partial charge >= 0.3 is 5.97 Å². The summed E-state index contributed by atoms with van der Waals surface area (Å²) in [5.41, 5.74) is 8.24. The second-order valence-corrected chi connectivity index (χ2v) is 4.21. The number of esters is 1. The van der Waals surface area contributed by atoms with E-state index in [-0.39, 0.29) is 12.4 Å². The maximum Gasteiger partial charge on any atom is 0.310 e. The number of hydrogen-bond acceptors (Lipinski definition) is 4. The number of hydrogen-bond donors (Lipinski definition) is 1. The largest absolute Gasteiger partial charge is 0.465 e. The van der Waals surface area contributed by atoms with Crippen molar-refractivity contribution in [3.05, 3.63) is 59.9 Å². The Morgan fingerprint density at radius 2 is 2.05 bits per heavy atom. The number of rotatable bonds is 5. The number of nitrogens with zero attached hydrogens (tertiary/aromatic N) is 1. The SMILES string of the molecule is Nc1ccccc1CC(=O)OCCc1cccnc1. The van der Waals surface area contributed by atoms with Crippen LogP contribution < -0.4 is 5.73 Å². The maximum atomic E-state index is 11.7. The summed E-state index contributed by atoms with van der Waals surface area (Å²) in [5, 5.41) is 0. The molecule has 4 heteroatoms. The average Bonchev–Trinajstić information content (AvgIpc) is 2.43. The summed E-state index contributed by atoms with van der Waals surface area (Å²) < 4.78 is 5.18. The zero-order valence-electron chi connectivity index (χ0n) is 10.6. The van der Waals surface area contributed by atoms with Gasteiger partial charge in [0.2, 0.25) is 0 Å². The molecule has 1 aromatic heterocycles. The lowest BCUT2D eigenvalue weighted by Crippen LogP contribution is -2.11. The third kappa shape index (κ3) is 4.10. The predicted molar refractivity (Wildman–Crippen MR) is 73.5 cm³/mol. The van der Waals surface area contributed by atoms with Gasteiger partial charge in [0.15, 0.2) is 0 Å². The molecule has 2 N–H and O–H groups in total. The maximum absolute atomic E-state index is 11.7. The van der Waals surface area contributed by atoms with Crippen LogP contribution in [0.25, 0.3) is 0 Å². The van der Waals surface area contributed by atoms with E-state index in [1.54, 1.807) is 18.5 Å². The van der Waals surface area contributed by atoms with E-state index in [0.29, 0.717) is 18.7 Å². The minimum absolute atomic E-state index is 0.208. The molecule has 0 atom stereocenters. The summed E-state index contributed by atoms with van der Waals surface area (Å²) in [6, 6.07) is 11.1. The highest BCUT2D eigenvalue weighted by molar-refractivity contribution is 5.74. The first-order valence-corrected chi connectivity index (χ1v) is 6.13. The predicted octanol–water partition coefficient (Wildman–Crippen LogP) is 1.99. The van der Waals surface area contributed by atoms with Crippen molar-refractivity contribution in [1.29, 1.82) is 0 Å². The highest BCUT2D eigenvalue weighted by atomic mass is 16.5. The molecule has 2 aromatic rings. The molecule has 0 aliphatic heterocycles. The lowest BCUT2D eigenvalue weighted by molar-refractivity contribution is -0.142. The van der Waals surface area contributed by atoms with Crippen molar-refractivity contribution in [2.45, 2.75) is 12.8 Å². The minimum Gasteiger partial charge on any atom is -0.465 e. The quantitative estimate of drug-likeness (QED) is 0.656. The molecule has 0 saturated heterocycles. The van der Waals surface area contributed by atoms with Gasteiger partial charge in [-0.2, -0.15) is 0 Å². The molecule has 0 spiro atoms. The average molecular weight is 256 g/mol. The summed E-state index contributed by atoms with van der Waals surface area (Å²) in [6.45, 7) is 0.358. The molecule has 4 nitrogen and oxygen atoms in total. The molecule has 0 bridgehead atoms. The summed E-state index contributed by atoms with van der Waals surface area (Å²) in [6.07, 6.45) is 4.36.